The van der Waals surface area contributed by atoms with Crippen LogP contribution in [-0.4, -0.2) is 41.7 Å². The number of carbonyl (C=O) groups excluding carboxylic acids is 2. The summed E-state index contributed by atoms with van der Waals surface area (Å²) in [5.41, 5.74) is 1.02. The molecule has 194 valence electrons. The average Bonchev–Trinajstić information content (AvgIpc) is 3.34. The molecule has 0 fully saturated rings. The minimum absolute atomic E-state index is 0.145. The Labute approximate surface area is 219 Å². The van der Waals surface area contributed by atoms with Crippen LogP contribution in [0.2, 0.25) is 0 Å². The number of thiazole rings is 1. The van der Waals surface area contributed by atoms with Gasteiger partial charge in [-0.15, -0.1) is 11.3 Å². The van der Waals surface area contributed by atoms with Crippen LogP contribution in [0.15, 0.2) is 71.2 Å². The fourth-order valence-corrected chi connectivity index (χ4v) is 5.62. The van der Waals surface area contributed by atoms with E-state index < -0.39 is 35.3 Å². The zero-order valence-electron chi connectivity index (χ0n) is 21.2. The molecule has 0 radical (unpaired) electrons. The molecular formula is C28H30FN3O4S. The Balaban J connectivity index is 1.90. The Morgan fingerprint density at radius 3 is 2.43 bits per heavy atom. The Hall–Kier alpha value is -3.72. The largest absolute Gasteiger partial charge is 0.464 e. The number of hydrogen-bond acceptors (Lipinski definition) is 8. The van der Waals surface area contributed by atoms with Crippen LogP contribution in [0.3, 0.4) is 0 Å². The van der Waals surface area contributed by atoms with E-state index >= 15 is 0 Å². The molecule has 9 heteroatoms. The average molecular weight is 524 g/mol. The van der Waals surface area contributed by atoms with Gasteiger partial charge in [0.15, 0.2) is 10.7 Å². The zero-order chi connectivity index (χ0) is 26.6. The van der Waals surface area contributed by atoms with Crippen molar-refractivity contribution >= 4 is 28.4 Å². The molecule has 4 rings (SSSR count). The second-order valence-electron chi connectivity index (χ2n) is 8.70. The molecule has 0 aliphatic carbocycles. The number of anilines is 1. The summed E-state index contributed by atoms with van der Waals surface area (Å²) in [5.74, 6) is -2.21. The van der Waals surface area contributed by atoms with E-state index in [2.05, 4.69) is 15.6 Å². The van der Waals surface area contributed by atoms with Gasteiger partial charge in [-0.2, -0.15) is 0 Å². The highest BCUT2D eigenvalue weighted by Gasteiger charge is 2.58. The number of rotatable bonds is 8. The number of carbonyl (C=O) groups is 2. The Bertz CT molecular complexity index is 1310. The van der Waals surface area contributed by atoms with Gasteiger partial charge in [-0.05, 0) is 45.4 Å². The van der Waals surface area contributed by atoms with Crippen molar-refractivity contribution in [2.24, 2.45) is 0 Å². The highest BCUT2D eigenvalue weighted by Crippen LogP contribution is 2.45. The minimum atomic E-state index is -1.47. The van der Waals surface area contributed by atoms with E-state index in [0.29, 0.717) is 27.7 Å². The van der Waals surface area contributed by atoms with Crippen LogP contribution < -0.4 is 10.6 Å². The van der Waals surface area contributed by atoms with Crippen molar-refractivity contribution < 1.29 is 23.5 Å². The number of esters is 2. The third kappa shape index (κ3) is 4.96. The van der Waals surface area contributed by atoms with Crippen LogP contribution in [0.5, 0.6) is 0 Å². The molecule has 0 bridgehead atoms. The van der Waals surface area contributed by atoms with Gasteiger partial charge in [0, 0.05) is 16.6 Å². The van der Waals surface area contributed by atoms with Crippen molar-refractivity contribution in [1.29, 1.82) is 0 Å². The number of aromatic nitrogens is 1. The van der Waals surface area contributed by atoms with Crippen molar-refractivity contribution in [2.75, 3.05) is 18.5 Å². The molecule has 2 aromatic carbocycles. The third-order valence-electron chi connectivity index (χ3n) is 6.47. The molecule has 0 spiro atoms. The first-order chi connectivity index (χ1) is 17.8. The Morgan fingerprint density at radius 1 is 1.08 bits per heavy atom. The van der Waals surface area contributed by atoms with Crippen molar-refractivity contribution in [1.82, 2.24) is 10.3 Å². The lowest BCUT2D eigenvalue weighted by atomic mass is 9.68. The summed E-state index contributed by atoms with van der Waals surface area (Å²) >= 11 is 1.24. The Morgan fingerprint density at radius 2 is 1.76 bits per heavy atom. The summed E-state index contributed by atoms with van der Waals surface area (Å²) in [6.07, 6.45) is 0. The highest BCUT2D eigenvalue weighted by molar-refractivity contribution is 7.14. The maximum atomic E-state index is 14.5. The van der Waals surface area contributed by atoms with Crippen LogP contribution in [0, 0.1) is 5.82 Å². The third-order valence-corrected chi connectivity index (χ3v) is 7.23. The summed E-state index contributed by atoms with van der Waals surface area (Å²) in [7, 11) is 0. The molecule has 2 N–H and O–H groups in total. The van der Waals surface area contributed by atoms with Gasteiger partial charge < -0.3 is 20.1 Å². The highest BCUT2D eigenvalue weighted by atomic mass is 32.1. The molecule has 1 aromatic heterocycles. The molecule has 1 aliphatic rings. The van der Waals surface area contributed by atoms with E-state index in [1.807, 2.05) is 37.3 Å². The fraction of sp³-hybridized carbons (Fsp3) is 0.321. The summed E-state index contributed by atoms with van der Waals surface area (Å²) in [4.78, 5) is 31.8. The van der Waals surface area contributed by atoms with Crippen molar-refractivity contribution in [3.8, 4) is 11.3 Å². The van der Waals surface area contributed by atoms with Gasteiger partial charge in [0.25, 0.3) is 0 Å². The smallest absolute Gasteiger partial charge is 0.336 e. The van der Waals surface area contributed by atoms with Gasteiger partial charge in [-0.1, -0.05) is 42.5 Å². The topological polar surface area (TPSA) is 89.5 Å². The lowest BCUT2D eigenvalue weighted by molar-refractivity contribution is -0.151. The SMILES string of the molecule is CCOC(=O)C1=C(C)NC(C)C(Nc2nc(-c3ccccc3F)cs2)(C(=O)OCC)C1c1ccccc1. The summed E-state index contributed by atoms with van der Waals surface area (Å²) in [5, 5.41) is 8.76. The number of nitrogens with one attached hydrogen (secondary N) is 2. The maximum absolute atomic E-state index is 14.5. The molecule has 7 nitrogen and oxygen atoms in total. The van der Waals surface area contributed by atoms with Crippen LogP contribution in [0.4, 0.5) is 9.52 Å². The van der Waals surface area contributed by atoms with E-state index in [1.165, 1.54) is 17.4 Å². The first kappa shape index (κ1) is 26.3. The van der Waals surface area contributed by atoms with Crippen molar-refractivity contribution in [2.45, 2.75) is 45.2 Å². The molecule has 0 saturated carbocycles. The zero-order valence-corrected chi connectivity index (χ0v) is 22.0. The second-order valence-corrected chi connectivity index (χ2v) is 9.56. The molecule has 1 aliphatic heterocycles. The van der Waals surface area contributed by atoms with Gasteiger partial charge in [0.1, 0.15) is 5.82 Å². The lowest BCUT2D eigenvalue weighted by Crippen LogP contribution is -2.66. The van der Waals surface area contributed by atoms with Crippen LogP contribution in [0.25, 0.3) is 11.3 Å². The maximum Gasteiger partial charge on any atom is 0.336 e. The summed E-state index contributed by atoms with van der Waals surface area (Å²) in [6, 6.07) is 15.2. The van der Waals surface area contributed by atoms with Gasteiger partial charge in [-0.25, -0.2) is 19.0 Å². The predicted octanol–water partition coefficient (Wildman–Crippen LogP) is 5.28. The molecule has 3 atom stereocenters. The van der Waals surface area contributed by atoms with Crippen LogP contribution in [-0.2, 0) is 19.1 Å². The van der Waals surface area contributed by atoms with E-state index in [0.717, 1.165) is 5.56 Å². The summed E-state index contributed by atoms with van der Waals surface area (Å²) < 4.78 is 25.5. The molecule has 3 unspecified atom stereocenters. The van der Waals surface area contributed by atoms with Gasteiger partial charge in [0.2, 0.25) is 0 Å². The monoisotopic (exact) mass is 523 g/mol. The first-order valence-electron chi connectivity index (χ1n) is 12.2. The minimum Gasteiger partial charge on any atom is -0.464 e. The fourth-order valence-electron chi connectivity index (χ4n) is 4.84. The van der Waals surface area contributed by atoms with E-state index in [9.17, 15) is 14.0 Å². The normalized spacial score (nSPS) is 21.2. The number of benzene rings is 2. The number of nitrogens with zero attached hydrogens (tertiary/aromatic N) is 1. The second kappa shape index (κ2) is 11.1. The van der Waals surface area contributed by atoms with Crippen molar-refractivity contribution in [3.05, 3.63) is 82.6 Å². The number of ether oxygens (including phenoxy) is 2. The van der Waals surface area contributed by atoms with Crippen LogP contribution >= 0.6 is 11.3 Å². The van der Waals surface area contributed by atoms with E-state index in [4.69, 9.17) is 9.47 Å². The van der Waals surface area contributed by atoms with Crippen LogP contribution in [0.1, 0.15) is 39.2 Å². The van der Waals surface area contributed by atoms with Gasteiger partial charge in [-0.3, -0.25) is 0 Å². The van der Waals surface area contributed by atoms with E-state index in [1.54, 1.807) is 44.4 Å². The molecule has 37 heavy (non-hydrogen) atoms. The number of hydrogen-bond donors (Lipinski definition) is 2. The number of allylic oxidation sites excluding steroid dienone is 1. The molecule has 2 heterocycles. The first-order valence-corrected chi connectivity index (χ1v) is 13.1. The number of halogens is 1. The Kier molecular flexibility index (Phi) is 7.92. The molecular weight excluding hydrogens is 493 g/mol. The standard InChI is InChI=1S/C28H30FN3O4S/c1-5-35-25(33)23-17(3)30-18(4)28(26(34)36-6-2,24(23)19-12-8-7-9-13-19)32-27-31-22(16-37-27)20-14-10-11-15-21(20)29/h7-16,18,24,30H,5-6H2,1-4H3,(H,31,32). The van der Waals surface area contributed by atoms with E-state index in [-0.39, 0.29) is 13.2 Å². The predicted molar refractivity (Wildman–Crippen MR) is 142 cm³/mol. The van der Waals surface area contributed by atoms with Gasteiger partial charge >= 0.3 is 11.9 Å². The van der Waals surface area contributed by atoms with Gasteiger partial charge in [0.05, 0.1) is 36.4 Å². The summed E-state index contributed by atoms with van der Waals surface area (Å²) in [6.45, 7) is 7.46. The lowest BCUT2D eigenvalue weighted by Gasteiger charge is -2.48. The van der Waals surface area contributed by atoms with Crippen molar-refractivity contribution in [3.63, 3.8) is 0 Å². The molecule has 3 aromatic rings. The quantitative estimate of drug-likeness (QED) is 0.389. The molecule has 0 saturated heterocycles. The molecule has 0 amide bonds.